The fourth-order valence-electron chi connectivity index (χ4n) is 3.84. The molecular formula is C26H26N6O2. The summed E-state index contributed by atoms with van der Waals surface area (Å²) in [4.78, 5) is 31.8. The first-order valence-corrected chi connectivity index (χ1v) is 11.2. The number of fused-ring (bicyclic) bond motifs is 1. The van der Waals surface area contributed by atoms with Crippen molar-refractivity contribution >= 4 is 45.6 Å². The molecule has 2 aromatic heterocycles. The molecule has 172 valence electrons. The fraction of sp³-hybridized carbons (Fsp3) is 0.192. The standard InChI is InChI=1S/C26H26N6O2/c1-26(10-11-26)25(34)32-19-7-5-18(6-8-19)31-22-13-21(20(15-30-22)24(27)33)29-14-17-4-2-3-16-9-12-28-23(16)17/h2-9,12-13,15,28H,10-11,14H2,1H3,(H2,27,33)(H,32,34)(H2,29,30,31). The third kappa shape index (κ3) is 4.43. The van der Waals surface area contributed by atoms with E-state index in [9.17, 15) is 9.59 Å². The zero-order valence-electron chi connectivity index (χ0n) is 18.8. The van der Waals surface area contributed by atoms with Crippen molar-refractivity contribution < 1.29 is 9.59 Å². The van der Waals surface area contributed by atoms with Crippen LogP contribution >= 0.6 is 0 Å². The molecule has 0 unspecified atom stereocenters. The number of anilines is 4. The molecule has 1 aliphatic carbocycles. The molecule has 5 rings (SSSR count). The number of pyridine rings is 1. The predicted molar refractivity (Wildman–Crippen MR) is 134 cm³/mol. The van der Waals surface area contributed by atoms with Crippen LogP contribution in [0, 0.1) is 5.41 Å². The molecule has 6 N–H and O–H groups in total. The minimum atomic E-state index is -0.552. The van der Waals surface area contributed by atoms with Crippen molar-refractivity contribution in [3.05, 3.63) is 78.1 Å². The van der Waals surface area contributed by atoms with Crippen molar-refractivity contribution in [3.8, 4) is 0 Å². The Morgan fingerprint density at radius 3 is 2.59 bits per heavy atom. The highest BCUT2D eigenvalue weighted by atomic mass is 16.2. The van der Waals surface area contributed by atoms with Gasteiger partial charge in [0.15, 0.2) is 0 Å². The Bertz CT molecular complexity index is 1370. The Kier molecular flexibility index (Phi) is 5.41. The molecule has 2 heterocycles. The molecule has 1 fully saturated rings. The number of hydrogen-bond donors (Lipinski definition) is 5. The molecule has 8 nitrogen and oxygen atoms in total. The molecular weight excluding hydrogens is 428 g/mol. The summed E-state index contributed by atoms with van der Waals surface area (Å²) >= 11 is 0. The molecule has 0 atom stereocenters. The van der Waals surface area contributed by atoms with Crippen LogP contribution in [0.25, 0.3) is 10.9 Å². The van der Waals surface area contributed by atoms with Gasteiger partial charge in [-0.3, -0.25) is 9.59 Å². The van der Waals surface area contributed by atoms with Crippen LogP contribution in [0.3, 0.4) is 0 Å². The van der Waals surface area contributed by atoms with Crippen molar-refractivity contribution in [1.82, 2.24) is 9.97 Å². The van der Waals surface area contributed by atoms with Crippen LogP contribution in [0.2, 0.25) is 0 Å². The van der Waals surface area contributed by atoms with E-state index in [0.717, 1.165) is 40.7 Å². The van der Waals surface area contributed by atoms with Gasteiger partial charge in [-0.15, -0.1) is 0 Å². The lowest BCUT2D eigenvalue weighted by Gasteiger charge is -2.14. The van der Waals surface area contributed by atoms with E-state index in [1.54, 1.807) is 6.07 Å². The number of nitrogens with two attached hydrogens (primary N) is 1. The second kappa shape index (κ2) is 8.55. The van der Waals surface area contributed by atoms with E-state index in [1.807, 2.05) is 61.7 Å². The van der Waals surface area contributed by atoms with Crippen LogP contribution in [0.4, 0.5) is 22.9 Å². The van der Waals surface area contributed by atoms with Gasteiger partial charge in [0.25, 0.3) is 5.91 Å². The zero-order chi connectivity index (χ0) is 23.7. The first-order chi connectivity index (χ1) is 16.4. The summed E-state index contributed by atoms with van der Waals surface area (Å²) in [6.07, 6.45) is 5.23. The molecule has 4 aromatic rings. The maximum atomic E-state index is 12.2. The quantitative estimate of drug-likeness (QED) is 0.263. The van der Waals surface area contributed by atoms with E-state index >= 15 is 0 Å². The monoisotopic (exact) mass is 454 g/mol. The number of amides is 2. The van der Waals surface area contributed by atoms with E-state index in [1.165, 1.54) is 6.20 Å². The molecule has 1 saturated carbocycles. The first kappa shape index (κ1) is 21.5. The molecule has 2 amide bonds. The topological polar surface area (TPSA) is 125 Å². The number of rotatable bonds is 8. The van der Waals surface area contributed by atoms with Crippen molar-refractivity contribution in [2.75, 3.05) is 16.0 Å². The molecule has 34 heavy (non-hydrogen) atoms. The number of carbonyl (C=O) groups is 2. The molecule has 1 aliphatic rings. The number of benzene rings is 2. The summed E-state index contributed by atoms with van der Waals surface area (Å²) in [5.74, 6) is 0.0691. The number of H-pyrrole nitrogens is 1. The fourth-order valence-corrected chi connectivity index (χ4v) is 3.84. The lowest BCUT2D eigenvalue weighted by atomic mass is 10.1. The van der Waals surface area contributed by atoms with Crippen LogP contribution in [0.1, 0.15) is 35.7 Å². The summed E-state index contributed by atoms with van der Waals surface area (Å²) in [5, 5.41) is 10.6. The number of para-hydroxylation sites is 1. The summed E-state index contributed by atoms with van der Waals surface area (Å²) in [5.41, 5.74) is 9.93. The first-order valence-electron chi connectivity index (χ1n) is 11.2. The van der Waals surface area contributed by atoms with Crippen LogP contribution in [0.15, 0.2) is 67.0 Å². The van der Waals surface area contributed by atoms with Crippen molar-refractivity contribution in [3.63, 3.8) is 0 Å². The molecule has 0 aliphatic heterocycles. The number of carbonyl (C=O) groups excluding carboxylic acids is 2. The minimum Gasteiger partial charge on any atom is -0.380 e. The highest BCUT2D eigenvalue weighted by Crippen LogP contribution is 2.45. The Hall–Kier alpha value is -4.33. The van der Waals surface area contributed by atoms with E-state index in [2.05, 4.69) is 25.9 Å². The lowest BCUT2D eigenvalue weighted by Crippen LogP contribution is -2.21. The van der Waals surface area contributed by atoms with E-state index in [4.69, 9.17) is 5.73 Å². The highest BCUT2D eigenvalue weighted by molar-refractivity contribution is 5.99. The number of nitrogens with one attached hydrogen (secondary N) is 4. The zero-order valence-corrected chi connectivity index (χ0v) is 18.8. The van der Waals surface area contributed by atoms with Gasteiger partial charge in [0.2, 0.25) is 5.91 Å². The van der Waals surface area contributed by atoms with Gasteiger partial charge < -0.3 is 26.7 Å². The van der Waals surface area contributed by atoms with Crippen LogP contribution in [-0.2, 0) is 11.3 Å². The largest absolute Gasteiger partial charge is 0.380 e. The SMILES string of the molecule is CC1(C(=O)Nc2ccc(Nc3cc(NCc4cccc5cc[nH]c45)c(C(N)=O)cn3)cc2)CC1. The van der Waals surface area contributed by atoms with Crippen LogP contribution < -0.4 is 21.7 Å². The number of aromatic amines is 1. The van der Waals surface area contributed by atoms with E-state index in [0.29, 0.717) is 23.6 Å². The van der Waals surface area contributed by atoms with Crippen molar-refractivity contribution in [2.24, 2.45) is 11.1 Å². The number of aromatic nitrogens is 2. The number of hydrogen-bond acceptors (Lipinski definition) is 5. The number of primary amides is 1. The summed E-state index contributed by atoms with van der Waals surface area (Å²) < 4.78 is 0. The van der Waals surface area contributed by atoms with Gasteiger partial charge in [-0.1, -0.05) is 25.1 Å². The summed E-state index contributed by atoms with van der Waals surface area (Å²) in [6, 6.07) is 17.3. The van der Waals surface area contributed by atoms with Gasteiger partial charge in [0.1, 0.15) is 5.82 Å². The summed E-state index contributed by atoms with van der Waals surface area (Å²) in [6.45, 7) is 2.48. The molecule has 0 bridgehead atoms. The highest BCUT2D eigenvalue weighted by Gasteiger charge is 2.44. The molecule has 8 heteroatoms. The normalized spacial score (nSPS) is 13.9. The van der Waals surface area contributed by atoms with Gasteiger partial charge in [0.05, 0.1) is 16.8 Å². The van der Waals surface area contributed by atoms with Gasteiger partial charge in [-0.25, -0.2) is 4.98 Å². The second-order valence-electron chi connectivity index (χ2n) is 8.91. The smallest absolute Gasteiger partial charge is 0.252 e. The Morgan fingerprint density at radius 1 is 1.09 bits per heavy atom. The van der Waals surface area contributed by atoms with E-state index in [-0.39, 0.29) is 11.3 Å². The van der Waals surface area contributed by atoms with Gasteiger partial charge in [0, 0.05) is 41.8 Å². The average Bonchev–Trinajstić information content (AvgIpc) is 3.40. The van der Waals surface area contributed by atoms with E-state index < -0.39 is 5.91 Å². The Labute approximate surface area is 197 Å². The molecule has 2 aromatic carbocycles. The Morgan fingerprint density at radius 2 is 1.85 bits per heavy atom. The van der Waals surface area contributed by atoms with Gasteiger partial charge in [-0.2, -0.15) is 0 Å². The molecule has 0 spiro atoms. The average molecular weight is 455 g/mol. The van der Waals surface area contributed by atoms with Crippen molar-refractivity contribution in [1.29, 1.82) is 0 Å². The molecule has 0 radical (unpaired) electrons. The second-order valence-corrected chi connectivity index (χ2v) is 8.91. The predicted octanol–water partition coefficient (Wildman–Crippen LogP) is 4.76. The molecule has 0 saturated heterocycles. The third-order valence-corrected chi connectivity index (χ3v) is 6.28. The van der Waals surface area contributed by atoms with Crippen LogP contribution in [0.5, 0.6) is 0 Å². The Balaban J connectivity index is 1.30. The van der Waals surface area contributed by atoms with Gasteiger partial charge in [-0.05, 0) is 54.1 Å². The summed E-state index contributed by atoms with van der Waals surface area (Å²) in [7, 11) is 0. The van der Waals surface area contributed by atoms with Gasteiger partial charge >= 0.3 is 0 Å². The van der Waals surface area contributed by atoms with Crippen LogP contribution in [-0.4, -0.2) is 21.8 Å². The minimum absolute atomic E-state index is 0.0580. The lowest BCUT2D eigenvalue weighted by molar-refractivity contribution is -0.120. The number of nitrogens with zero attached hydrogens (tertiary/aromatic N) is 1. The maximum absolute atomic E-state index is 12.2. The maximum Gasteiger partial charge on any atom is 0.252 e. The third-order valence-electron chi connectivity index (χ3n) is 6.28. The van der Waals surface area contributed by atoms with Crippen molar-refractivity contribution in [2.45, 2.75) is 26.3 Å².